The van der Waals surface area contributed by atoms with E-state index in [2.05, 4.69) is 15.6 Å². The summed E-state index contributed by atoms with van der Waals surface area (Å²) in [7, 11) is 0.211. The fourth-order valence-corrected chi connectivity index (χ4v) is 6.32. The van der Waals surface area contributed by atoms with Crippen LogP contribution in [0.3, 0.4) is 0 Å². The van der Waals surface area contributed by atoms with Crippen molar-refractivity contribution in [2.45, 2.75) is 37.4 Å². The van der Waals surface area contributed by atoms with Crippen LogP contribution in [0.5, 0.6) is 0 Å². The first-order valence-corrected chi connectivity index (χ1v) is 12.2. The van der Waals surface area contributed by atoms with Crippen LogP contribution >= 0.6 is 11.6 Å². The van der Waals surface area contributed by atoms with Crippen molar-refractivity contribution in [3.8, 4) is 0 Å². The van der Waals surface area contributed by atoms with Gasteiger partial charge in [0.1, 0.15) is 25.9 Å². The lowest BCUT2D eigenvalue weighted by molar-refractivity contribution is 0.102. The number of ether oxygens (including phenoxy) is 1. The molecule has 1 saturated heterocycles. The van der Waals surface area contributed by atoms with E-state index in [-0.39, 0.29) is 5.69 Å². The van der Waals surface area contributed by atoms with E-state index in [0.717, 1.165) is 0 Å². The predicted molar refractivity (Wildman–Crippen MR) is 126 cm³/mol. The number of benzene rings is 1. The van der Waals surface area contributed by atoms with Gasteiger partial charge in [-0.2, -0.15) is 0 Å². The number of nitrogens with one attached hydrogen (secondary N) is 3. The summed E-state index contributed by atoms with van der Waals surface area (Å²) in [6, 6.07) is 8.12. The number of halogens is 2. The van der Waals surface area contributed by atoms with Crippen LogP contribution in [0.1, 0.15) is 36.8 Å². The molecule has 0 unspecified atom stereocenters. The number of amidine groups is 1. The Labute approximate surface area is 193 Å². The summed E-state index contributed by atoms with van der Waals surface area (Å²) in [6.07, 6.45) is 1.39. The fraction of sp³-hybridized carbons (Fsp3) is 0.409. The molecule has 7 nitrogen and oxygen atoms in total. The van der Waals surface area contributed by atoms with E-state index in [1.165, 1.54) is 24.4 Å². The molecule has 2 aromatic rings. The van der Waals surface area contributed by atoms with Crippen LogP contribution in [0.2, 0.25) is 16.1 Å². The highest BCUT2D eigenvalue weighted by Crippen LogP contribution is 2.41. The highest BCUT2D eigenvalue weighted by molar-refractivity contribution is 6.57. The van der Waals surface area contributed by atoms with E-state index in [1.54, 1.807) is 19.2 Å². The average molecular weight is 476 g/mol. The molecule has 1 atom stereocenters. The van der Waals surface area contributed by atoms with Crippen molar-refractivity contribution in [3.05, 3.63) is 58.6 Å². The van der Waals surface area contributed by atoms with Gasteiger partial charge in [-0.1, -0.05) is 25.4 Å². The van der Waals surface area contributed by atoms with Crippen LogP contribution in [0, 0.1) is 11.2 Å². The number of hydrogen-bond donors (Lipinski definition) is 3. The third-order valence-electron chi connectivity index (χ3n) is 5.65. The van der Waals surface area contributed by atoms with Gasteiger partial charge in [0, 0.05) is 35.6 Å². The van der Waals surface area contributed by atoms with Crippen molar-refractivity contribution in [1.29, 1.82) is 5.41 Å². The van der Waals surface area contributed by atoms with Crippen LogP contribution in [-0.4, -0.2) is 45.6 Å². The molecule has 1 aliphatic rings. The Bertz CT molecular complexity index is 1060. The highest BCUT2D eigenvalue weighted by atomic mass is 35.5. The average Bonchev–Trinajstić information content (AvgIpc) is 2.74. The van der Waals surface area contributed by atoms with Crippen LogP contribution in [0.25, 0.3) is 0 Å². The molecular weight excluding hydrogens is 449 g/mol. The zero-order chi connectivity index (χ0) is 23.5. The summed E-state index contributed by atoms with van der Waals surface area (Å²) in [4.78, 5) is 16.5. The Hall–Kier alpha value is -2.49. The summed E-state index contributed by atoms with van der Waals surface area (Å²) in [5.74, 6) is -0.497. The number of hydrogen-bond acceptors (Lipinski definition) is 5. The number of nitrogens with zero attached hydrogens (tertiary/aromatic N) is 2. The first-order valence-electron chi connectivity index (χ1n) is 10.2. The lowest BCUT2D eigenvalue weighted by atomic mass is 9.91. The molecule has 0 bridgehead atoms. The molecule has 0 aliphatic carbocycles. The van der Waals surface area contributed by atoms with E-state index < -0.39 is 30.9 Å². The second-order valence-corrected chi connectivity index (χ2v) is 11.7. The van der Waals surface area contributed by atoms with Crippen LogP contribution in [0.4, 0.5) is 10.1 Å². The van der Waals surface area contributed by atoms with Gasteiger partial charge < -0.3 is 20.0 Å². The Morgan fingerprint density at radius 3 is 2.78 bits per heavy atom. The monoisotopic (exact) mass is 475 g/mol. The SMILES string of the molecule is COCC/N=[Si]1/C[C@@](C)(c2cc(NC(=O)c3ccc(Cl)cn3)ccc2F)NC(=N)C1(C)C. The van der Waals surface area contributed by atoms with Gasteiger partial charge in [0.25, 0.3) is 5.91 Å². The zero-order valence-electron chi connectivity index (χ0n) is 18.6. The van der Waals surface area contributed by atoms with Crippen molar-refractivity contribution >= 4 is 37.6 Å². The Balaban J connectivity index is 1.90. The molecule has 32 heavy (non-hydrogen) atoms. The van der Waals surface area contributed by atoms with E-state index in [1.807, 2.05) is 20.8 Å². The van der Waals surface area contributed by atoms with Crippen LogP contribution in [0.15, 0.2) is 41.2 Å². The van der Waals surface area contributed by atoms with Crippen LogP contribution < -0.4 is 10.6 Å². The molecule has 2 heterocycles. The minimum atomic E-state index is -1.42. The third-order valence-corrected chi connectivity index (χ3v) is 9.21. The summed E-state index contributed by atoms with van der Waals surface area (Å²) in [5, 5.41) is 14.6. The van der Waals surface area contributed by atoms with Gasteiger partial charge in [0.2, 0.25) is 0 Å². The molecule has 1 fully saturated rings. The normalized spacial score (nSPS) is 21.3. The number of rotatable bonds is 6. The van der Waals surface area contributed by atoms with Crippen molar-refractivity contribution in [2.75, 3.05) is 25.6 Å². The topological polar surface area (TPSA) is 99.5 Å². The molecule has 1 amide bonds. The first kappa shape index (κ1) is 24.2. The molecule has 1 aromatic heterocycles. The largest absolute Gasteiger partial charge is 0.383 e. The Morgan fingerprint density at radius 1 is 1.38 bits per heavy atom. The van der Waals surface area contributed by atoms with E-state index in [0.29, 0.717) is 41.3 Å². The number of amides is 1. The molecule has 1 aromatic carbocycles. The summed E-state index contributed by atoms with van der Waals surface area (Å²) in [6.45, 7) is 6.93. The van der Waals surface area contributed by atoms with Crippen LogP contribution in [-0.2, 0) is 10.3 Å². The van der Waals surface area contributed by atoms with Gasteiger partial charge in [0.05, 0.1) is 23.7 Å². The molecule has 0 saturated carbocycles. The van der Waals surface area contributed by atoms with Gasteiger partial charge in [0.15, 0.2) is 0 Å². The number of anilines is 1. The summed E-state index contributed by atoms with van der Waals surface area (Å²) >= 11 is 5.83. The molecule has 3 N–H and O–H groups in total. The van der Waals surface area contributed by atoms with Crippen molar-refractivity contribution < 1.29 is 13.9 Å². The zero-order valence-corrected chi connectivity index (χ0v) is 20.3. The van der Waals surface area contributed by atoms with Gasteiger partial charge in [-0.25, -0.2) is 9.37 Å². The smallest absolute Gasteiger partial charge is 0.274 e. The van der Waals surface area contributed by atoms with E-state index in [9.17, 15) is 9.18 Å². The van der Waals surface area contributed by atoms with E-state index in [4.69, 9.17) is 26.4 Å². The summed E-state index contributed by atoms with van der Waals surface area (Å²) < 4.78 is 24.9. The second kappa shape index (κ2) is 9.56. The first-order chi connectivity index (χ1) is 15.1. The quantitative estimate of drug-likeness (QED) is 0.419. The fourth-order valence-electron chi connectivity index (χ4n) is 3.60. The maximum Gasteiger partial charge on any atom is 0.274 e. The number of carbonyl (C=O) groups excluding carboxylic acids is 1. The van der Waals surface area contributed by atoms with Crippen molar-refractivity contribution in [2.24, 2.45) is 4.63 Å². The maximum absolute atomic E-state index is 15.0. The highest BCUT2D eigenvalue weighted by Gasteiger charge is 2.45. The lowest BCUT2D eigenvalue weighted by Gasteiger charge is -2.44. The number of aromatic nitrogens is 1. The van der Waals surface area contributed by atoms with Gasteiger partial charge in [-0.05, 0) is 37.3 Å². The Kier molecular flexibility index (Phi) is 7.21. The minimum Gasteiger partial charge on any atom is -0.383 e. The van der Waals surface area contributed by atoms with E-state index >= 15 is 0 Å². The summed E-state index contributed by atoms with van der Waals surface area (Å²) in [5.41, 5.74) is 0.186. The maximum atomic E-state index is 15.0. The minimum absolute atomic E-state index is 0.202. The number of methoxy groups -OCH3 is 1. The predicted octanol–water partition coefficient (Wildman–Crippen LogP) is 4.61. The molecule has 10 heteroatoms. The molecule has 0 spiro atoms. The van der Waals surface area contributed by atoms with Gasteiger partial charge in [-0.15, -0.1) is 0 Å². The molecule has 0 radical (unpaired) electrons. The van der Waals surface area contributed by atoms with Gasteiger partial charge >= 0.3 is 0 Å². The third kappa shape index (κ3) is 5.11. The molecule has 170 valence electrons. The standard InChI is InChI=1S/C22H27ClFN5O2Si/c1-21(2)20(25)29-22(3,13-32(21)27-9-10-31-4)16-11-15(6-7-17(16)24)28-19(30)18-8-5-14(23)12-26-18/h5-8,11-12H,9-10,13H2,1-4H3,(H2,25,29)(H,28,30)/b32-27-/t22-/m0/s1. The van der Waals surface area contributed by atoms with Gasteiger partial charge in [-0.3, -0.25) is 10.2 Å². The molecule has 3 rings (SSSR count). The second-order valence-electron chi connectivity index (χ2n) is 8.47. The lowest BCUT2D eigenvalue weighted by Crippen LogP contribution is -2.56. The Morgan fingerprint density at radius 2 is 2.12 bits per heavy atom. The molecule has 1 aliphatic heterocycles. The van der Waals surface area contributed by atoms with Crippen molar-refractivity contribution in [1.82, 2.24) is 10.3 Å². The molecular formula is C22H27ClFN5O2Si. The number of carbonyl (C=O) groups is 1. The van der Waals surface area contributed by atoms with Crippen molar-refractivity contribution in [3.63, 3.8) is 0 Å². The number of pyridine rings is 1.